The maximum Gasteiger partial charge on any atom is 0.235 e. The van der Waals surface area contributed by atoms with Gasteiger partial charge in [0.2, 0.25) is 6.08 Å². The van der Waals surface area contributed by atoms with Gasteiger partial charge in [0.1, 0.15) is 5.75 Å². The Kier molecular flexibility index (Phi) is 4.16. The lowest BCUT2D eigenvalue weighted by Gasteiger charge is -2.26. The zero-order valence-electron chi connectivity index (χ0n) is 11.0. The molecular weight excluding hydrogens is 226 g/mol. The third-order valence-corrected chi connectivity index (χ3v) is 3.50. The van der Waals surface area contributed by atoms with E-state index in [4.69, 9.17) is 4.74 Å². The Morgan fingerprint density at radius 2 is 2.17 bits per heavy atom. The van der Waals surface area contributed by atoms with Gasteiger partial charge in [-0.2, -0.15) is 0 Å². The van der Waals surface area contributed by atoms with E-state index < -0.39 is 0 Å². The van der Waals surface area contributed by atoms with Crippen molar-refractivity contribution in [2.45, 2.75) is 39.7 Å². The second-order valence-corrected chi connectivity index (χ2v) is 5.09. The molecule has 3 nitrogen and oxygen atoms in total. The predicted molar refractivity (Wildman–Crippen MR) is 70.6 cm³/mol. The molecule has 0 atom stereocenters. The van der Waals surface area contributed by atoms with E-state index in [0.29, 0.717) is 12.5 Å². The molecule has 1 aromatic rings. The number of benzene rings is 1. The van der Waals surface area contributed by atoms with E-state index in [1.165, 1.54) is 24.8 Å². The van der Waals surface area contributed by atoms with Crippen LogP contribution >= 0.6 is 0 Å². The number of isocyanates is 1. The number of carbonyl (C=O) groups excluding carboxylic acids is 1. The second kappa shape index (κ2) is 5.83. The molecule has 0 aliphatic heterocycles. The summed E-state index contributed by atoms with van der Waals surface area (Å²) in [4.78, 5) is 13.9. The fraction of sp³-hybridized carbons (Fsp3) is 0.533. The second-order valence-electron chi connectivity index (χ2n) is 5.09. The monoisotopic (exact) mass is 245 g/mol. The molecular formula is C15H19NO2. The third kappa shape index (κ3) is 2.99. The van der Waals surface area contributed by atoms with Crippen LogP contribution in [0.25, 0.3) is 0 Å². The minimum absolute atomic E-state index is 0.353. The quantitative estimate of drug-likeness (QED) is 0.589. The molecule has 0 spiro atoms. The van der Waals surface area contributed by atoms with Gasteiger partial charge in [-0.25, -0.2) is 9.79 Å². The van der Waals surface area contributed by atoms with Crippen molar-refractivity contribution in [2.75, 3.05) is 6.61 Å². The minimum atomic E-state index is 0.353. The Morgan fingerprint density at radius 1 is 1.39 bits per heavy atom. The Labute approximate surface area is 108 Å². The SMILES string of the molecule is Cc1cc(C)c(OCC2CCC2)c(CN=C=O)c1. The summed E-state index contributed by atoms with van der Waals surface area (Å²) in [5, 5.41) is 0. The van der Waals surface area contributed by atoms with Gasteiger partial charge in [-0.15, -0.1) is 0 Å². The van der Waals surface area contributed by atoms with Crippen molar-refractivity contribution in [1.82, 2.24) is 0 Å². The van der Waals surface area contributed by atoms with Crippen molar-refractivity contribution >= 4 is 6.08 Å². The molecule has 3 heteroatoms. The van der Waals surface area contributed by atoms with Crippen molar-refractivity contribution in [3.05, 3.63) is 28.8 Å². The normalized spacial score (nSPS) is 14.8. The van der Waals surface area contributed by atoms with E-state index in [2.05, 4.69) is 11.1 Å². The van der Waals surface area contributed by atoms with Gasteiger partial charge < -0.3 is 4.74 Å². The molecule has 0 amide bonds. The van der Waals surface area contributed by atoms with E-state index in [0.717, 1.165) is 23.5 Å². The van der Waals surface area contributed by atoms with Gasteiger partial charge in [0.25, 0.3) is 0 Å². The molecule has 1 fully saturated rings. The van der Waals surface area contributed by atoms with E-state index in [-0.39, 0.29) is 0 Å². The standard InChI is InChI=1S/C15H19NO2/c1-11-6-12(2)15(14(7-11)8-16-10-17)18-9-13-4-3-5-13/h6-7,13H,3-5,8-9H2,1-2H3. The Bertz CT molecular complexity index is 472. The van der Waals surface area contributed by atoms with Crippen LogP contribution < -0.4 is 4.74 Å². The number of aliphatic imine (C=N–C) groups is 1. The van der Waals surface area contributed by atoms with E-state index in [1.807, 2.05) is 19.9 Å². The van der Waals surface area contributed by atoms with Crippen LogP contribution in [-0.4, -0.2) is 12.7 Å². The van der Waals surface area contributed by atoms with Gasteiger partial charge in [-0.1, -0.05) is 24.1 Å². The molecule has 0 N–H and O–H groups in total. The molecule has 1 aromatic carbocycles. The largest absolute Gasteiger partial charge is 0.493 e. The van der Waals surface area contributed by atoms with Gasteiger partial charge >= 0.3 is 0 Å². The molecule has 1 saturated carbocycles. The summed E-state index contributed by atoms with van der Waals surface area (Å²) in [6.45, 7) is 5.21. The van der Waals surface area contributed by atoms with Crippen molar-refractivity contribution in [3.8, 4) is 5.75 Å². The Balaban J connectivity index is 2.15. The lowest BCUT2D eigenvalue weighted by atomic mass is 9.86. The highest BCUT2D eigenvalue weighted by atomic mass is 16.5. The molecule has 0 unspecified atom stereocenters. The lowest BCUT2D eigenvalue weighted by Crippen LogP contribution is -2.20. The number of nitrogens with zero attached hydrogens (tertiary/aromatic N) is 1. The number of ether oxygens (including phenoxy) is 1. The van der Waals surface area contributed by atoms with E-state index in [9.17, 15) is 4.79 Å². The number of hydrogen-bond acceptors (Lipinski definition) is 3. The summed E-state index contributed by atoms with van der Waals surface area (Å²) in [5.41, 5.74) is 3.26. The predicted octanol–water partition coefficient (Wildman–Crippen LogP) is 3.32. The third-order valence-electron chi connectivity index (χ3n) is 3.50. The van der Waals surface area contributed by atoms with Gasteiger partial charge in [-0.05, 0) is 38.2 Å². The first kappa shape index (κ1) is 12.8. The van der Waals surface area contributed by atoms with Gasteiger partial charge in [0, 0.05) is 5.56 Å². The van der Waals surface area contributed by atoms with Crippen LogP contribution in [0.3, 0.4) is 0 Å². The van der Waals surface area contributed by atoms with Crippen LogP contribution in [0.2, 0.25) is 0 Å². The van der Waals surface area contributed by atoms with Crippen LogP contribution in [0.1, 0.15) is 36.0 Å². The van der Waals surface area contributed by atoms with Crippen LogP contribution in [0.15, 0.2) is 17.1 Å². The number of hydrogen-bond donors (Lipinski definition) is 0. The van der Waals surface area contributed by atoms with Crippen molar-refractivity contribution < 1.29 is 9.53 Å². The first-order valence-electron chi connectivity index (χ1n) is 6.47. The van der Waals surface area contributed by atoms with Gasteiger partial charge in [0.15, 0.2) is 0 Å². The molecule has 0 bridgehead atoms. The van der Waals surface area contributed by atoms with Crippen molar-refractivity contribution in [1.29, 1.82) is 0 Å². The van der Waals surface area contributed by atoms with E-state index in [1.54, 1.807) is 6.08 Å². The van der Waals surface area contributed by atoms with Crippen LogP contribution in [0, 0.1) is 19.8 Å². The highest BCUT2D eigenvalue weighted by molar-refractivity contribution is 5.45. The summed E-state index contributed by atoms with van der Waals surface area (Å²) in [6, 6.07) is 4.13. The Morgan fingerprint density at radius 3 is 2.78 bits per heavy atom. The van der Waals surface area contributed by atoms with E-state index >= 15 is 0 Å². The summed E-state index contributed by atoms with van der Waals surface area (Å²) >= 11 is 0. The zero-order valence-corrected chi connectivity index (χ0v) is 11.0. The smallest absolute Gasteiger partial charge is 0.235 e. The number of aryl methyl sites for hydroxylation is 2. The summed E-state index contributed by atoms with van der Waals surface area (Å²) in [6.07, 6.45) is 5.45. The molecule has 0 aromatic heterocycles. The molecule has 0 heterocycles. The van der Waals surface area contributed by atoms with Crippen LogP contribution in [-0.2, 0) is 11.3 Å². The molecule has 96 valence electrons. The highest BCUT2D eigenvalue weighted by Crippen LogP contribution is 2.30. The van der Waals surface area contributed by atoms with Crippen LogP contribution in [0.4, 0.5) is 0 Å². The molecule has 0 radical (unpaired) electrons. The van der Waals surface area contributed by atoms with Crippen LogP contribution in [0.5, 0.6) is 5.75 Å². The molecule has 1 aliphatic carbocycles. The molecule has 18 heavy (non-hydrogen) atoms. The summed E-state index contributed by atoms with van der Waals surface area (Å²) in [5.74, 6) is 1.60. The highest BCUT2D eigenvalue weighted by Gasteiger charge is 2.19. The van der Waals surface area contributed by atoms with Gasteiger partial charge in [0.05, 0.1) is 13.2 Å². The molecule has 0 saturated heterocycles. The maximum absolute atomic E-state index is 10.2. The van der Waals surface area contributed by atoms with Crippen molar-refractivity contribution in [3.63, 3.8) is 0 Å². The Hall–Kier alpha value is -1.60. The minimum Gasteiger partial charge on any atom is -0.493 e. The average molecular weight is 245 g/mol. The zero-order chi connectivity index (χ0) is 13.0. The number of rotatable bonds is 5. The van der Waals surface area contributed by atoms with Crippen molar-refractivity contribution in [2.24, 2.45) is 10.9 Å². The lowest BCUT2D eigenvalue weighted by molar-refractivity contribution is 0.178. The first-order valence-corrected chi connectivity index (χ1v) is 6.47. The molecule has 1 aliphatic rings. The summed E-state index contributed by atoms with van der Waals surface area (Å²) < 4.78 is 5.93. The molecule has 2 rings (SSSR count). The average Bonchev–Trinajstić information content (AvgIpc) is 2.26. The maximum atomic E-state index is 10.2. The summed E-state index contributed by atoms with van der Waals surface area (Å²) in [7, 11) is 0. The fourth-order valence-electron chi connectivity index (χ4n) is 2.34. The first-order chi connectivity index (χ1) is 8.70. The topological polar surface area (TPSA) is 38.7 Å². The fourth-order valence-corrected chi connectivity index (χ4v) is 2.34. The van der Waals surface area contributed by atoms with Gasteiger partial charge in [-0.3, -0.25) is 0 Å².